The van der Waals surface area contributed by atoms with Crippen molar-refractivity contribution in [3.63, 3.8) is 0 Å². The Hall–Kier alpha value is -0.790. The van der Waals surface area contributed by atoms with E-state index in [1.807, 2.05) is 0 Å². The first kappa shape index (κ1) is 6.89. The van der Waals surface area contributed by atoms with Gasteiger partial charge in [0.25, 0.3) is 0 Å². The summed E-state index contributed by atoms with van der Waals surface area (Å²) in [6.07, 6.45) is 3.34. The van der Waals surface area contributed by atoms with Gasteiger partial charge in [-0.1, -0.05) is 20.8 Å². The molecule has 1 aromatic heterocycles. The van der Waals surface area contributed by atoms with Gasteiger partial charge in [-0.15, -0.1) is 0 Å². The molecule has 0 aliphatic carbocycles. The topological polar surface area (TPSA) is 17.8 Å². The van der Waals surface area contributed by atoms with Crippen LogP contribution in [0, 0.1) is 0 Å². The first-order valence-electron chi connectivity index (χ1n) is 4.14. The van der Waals surface area contributed by atoms with Crippen molar-refractivity contribution in [2.24, 2.45) is 0 Å². The van der Waals surface area contributed by atoms with Gasteiger partial charge in [-0.05, 0) is 0 Å². The molecule has 0 amide bonds. The van der Waals surface area contributed by atoms with Crippen LogP contribution in [0.3, 0.4) is 0 Å². The van der Waals surface area contributed by atoms with Gasteiger partial charge >= 0.3 is 0 Å². The molecule has 1 aliphatic heterocycles. The maximum atomic E-state index is 4.53. The predicted molar refractivity (Wildman–Crippen MR) is 44.6 cm³/mol. The molecule has 2 heterocycles. The van der Waals surface area contributed by atoms with E-state index >= 15 is 0 Å². The second-order valence-electron chi connectivity index (χ2n) is 4.24. The lowest BCUT2D eigenvalue weighted by Gasteiger charge is -2.14. The number of hydrogen-bond donors (Lipinski definition) is 0. The van der Waals surface area contributed by atoms with Crippen LogP contribution < -0.4 is 0 Å². The fourth-order valence-corrected chi connectivity index (χ4v) is 1.28. The number of hydrogen-bond acceptors (Lipinski definition) is 1. The third kappa shape index (κ3) is 0.971. The van der Waals surface area contributed by atoms with Crippen LogP contribution in [-0.2, 0) is 18.4 Å². The van der Waals surface area contributed by atoms with Crippen molar-refractivity contribution in [3.8, 4) is 0 Å². The molecule has 2 rings (SSSR count). The molecule has 2 heteroatoms. The van der Waals surface area contributed by atoms with Gasteiger partial charge < -0.3 is 4.57 Å². The van der Waals surface area contributed by atoms with Crippen LogP contribution in [0.25, 0.3) is 0 Å². The Balaban J connectivity index is 2.40. The van der Waals surface area contributed by atoms with Gasteiger partial charge in [-0.3, -0.25) is 0 Å². The number of nitrogens with zero attached hydrogens (tertiary/aromatic N) is 2. The quantitative estimate of drug-likeness (QED) is 0.550. The van der Waals surface area contributed by atoms with E-state index in [-0.39, 0.29) is 5.41 Å². The average Bonchev–Trinajstić information content (AvgIpc) is 2.06. The Morgan fingerprint density at radius 3 is 2.45 bits per heavy atom. The van der Waals surface area contributed by atoms with E-state index in [4.69, 9.17) is 0 Å². The molecule has 0 saturated carbocycles. The number of aryl methyl sites for hydroxylation is 2. The van der Waals surface area contributed by atoms with Crippen molar-refractivity contribution >= 4 is 0 Å². The molecule has 0 saturated heterocycles. The highest BCUT2D eigenvalue weighted by atomic mass is 15.1. The molecular weight excluding hydrogens is 136 g/mol. The van der Waals surface area contributed by atoms with E-state index in [9.17, 15) is 0 Å². The van der Waals surface area contributed by atoms with Crippen molar-refractivity contribution < 1.29 is 0 Å². The number of fused-ring (bicyclic) bond motifs is 1. The second kappa shape index (κ2) is 1.87. The summed E-state index contributed by atoms with van der Waals surface area (Å²) in [5, 5.41) is 0. The number of imidazole rings is 1. The zero-order chi connectivity index (χ0) is 8.06. The van der Waals surface area contributed by atoms with Crippen molar-refractivity contribution in [3.05, 3.63) is 17.7 Å². The SMILES string of the molecule is CC(C)(C)c1cn2c(n1)CC2. The highest BCUT2D eigenvalue weighted by molar-refractivity contribution is 5.16. The zero-order valence-corrected chi connectivity index (χ0v) is 7.39. The predicted octanol–water partition coefficient (Wildman–Crippen LogP) is 1.74. The molecule has 60 valence electrons. The Morgan fingerprint density at radius 2 is 2.18 bits per heavy atom. The normalized spacial score (nSPS) is 15.9. The smallest absolute Gasteiger partial charge is 0.110 e. The highest BCUT2D eigenvalue weighted by Gasteiger charge is 2.22. The fourth-order valence-electron chi connectivity index (χ4n) is 1.28. The van der Waals surface area contributed by atoms with Crippen LogP contribution in [0.5, 0.6) is 0 Å². The van der Waals surface area contributed by atoms with Crippen LogP contribution in [0.2, 0.25) is 0 Å². The van der Waals surface area contributed by atoms with Crippen LogP contribution in [0.1, 0.15) is 32.3 Å². The largest absolute Gasteiger partial charge is 0.334 e. The first-order valence-corrected chi connectivity index (χ1v) is 4.14. The summed E-state index contributed by atoms with van der Waals surface area (Å²) in [5.41, 5.74) is 1.44. The summed E-state index contributed by atoms with van der Waals surface area (Å²) in [6, 6.07) is 0. The lowest BCUT2D eigenvalue weighted by molar-refractivity contribution is 0.538. The maximum Gasteiger partial charge on any atom is 0.110 e. The van der Waals surface area contributed by atoms with Crippen molar-refractivity contribution in [1.29, 1.82) is 0 Å². The van der Waals surface area contributed by atoms with E-state index in [0.29, 0.717) is 0 Å². The third-order valence-corrected chi connectivity index (χ3v) is 2.20. The summed E-state index contributed by atoms with van der Waals surface area (Å²) >= 11 is 0. The van der Waals surface area contributed by atoms with Crippen LogP contribution in [-0.4, -0.2) is 9.55 Å². The van der Waals surface area contributed by atoms with Gasteiger partial charge in [-0.25, -0.2) is 4.98 Å². The third-order valence-electron chi connectivity index (χ3n) is 2.20. The molecule has 0 aromatic carbocycles. The van der Waals surface area contributed by atoms with E-state index < -0.39 is 0 Å². The fraction of sp³-hybridized carbons (Fsp3) is 0.667. The molecule has 0 bridgehead atoms. The highest BCUT2D eigenvalue weighted by Crippen LogP contribution is 2.24. The second-order valence-corrected chi connectivity index (χ2v) is 4.24. The standard InChI is InChI=1S/C9H14N2/c1-9(2,3)7-6-11-5-4-8(11)10-7/h6H,4-5H2,1-3H3. The minimum absolute atomic E-state index is 0.213. The molecule has 0 atom stereocenters. The van der Waals surface area contributed by atoms with E-state index in [1.54, 1.807) is 0 Å². The Bertz CT molecular complexity index is 257. The van der Waals surface area contributed by atoms with Crippen LogP contribution >= 0.6 is 0 Å². The lowest BCUT2D eigenvalue weighted by Crippen LogP contribution is -2.16. The monoisotopic (exact) mass is 150 g/mol. The lowest BCUT2D eigenvalue weighted by atomic mass is 9.93. The Labute approximate surface area is 67.3 Å². The summed E-state index contributed by atoms with van der Waals surface area (Å²) in [7, 11) is 0. The van der Waals surface area contributed by atoms with Gasteiger partial charge in [0.2, 0.25) is 0 Å². The summed E-state index contributed by atoms with van der Waals surface area (Å²) in [6.45, 7) is 7.77. The van der Waals surface area contributed by atoms with Crippen LogP contribution in [0.15, 0.2) is 6.20 Å². The van der Waals surface area contributed by atoms with E-state index in [0.717, 1.165) is 6.42 Å². The van der Waals surface area contributed by atoms with Gasteiger partial charge in [0.15, 0.2) is 0 Å². The molecule has 2 nitrogen and oxygen atoms in total. The molecule has 1 aliphatic rings. The van der Waals surface area contributed by atoms with Gasteiger partial charge in [0, 0.05) is 24.6 Å². The number of rotatable bonds is 0. The van der Waals surface area contributed by atoms with Gasteiger partial charge in [-0.2, -0.15) is 0 Å². The minimum atomic E-state index is 0.213. The van der Waals surface area contributed by atoms with Crippen molar-refractivity contribution in [2.75, 3.05) is 0 Å². The molecule has 1 aromatic rings. The van der Waals surface area contributed by atoms with E-state index in [2.05, 4.69) is 36.5 Å². The molecule has 11 heavy (non-hydrogen) atoms. The molecule has 0 spiro atoms. The van der Waals surface area contributed by atoms with Gasteiger partial charge in [0.05, 0.1) is 5.69 Å². The summed E-state index contributed by atoms with van der Waals surface area (Å²) < 4.78 is 2.24. The average molecular weight is 150 g/mol. The molecule has 0 radical (unpaired) electrons. The molecular formula is C9H14N2. The van der Waals surface area contributed by atoms with Crippen molar-refractivity contribution in [2.45, 2.75) is 39.2 Å². The summed E-state index contributed by atoms with van der Waals surface area (Å²) in [4.78, 5) is 4.53. The molecule has 0 unspecified atom stereocenters. The maximum absolute atomic E-state index is 4.53. The van der Waals surface area contributed by atoms with E-state index in [1.165, 1.54) is 18.1 Å². The molecule has 0 fully saturated rings. The Morgan fingerprint density at radius 1 is 1.45 bits per heavy atom. The Kier molecular flexibility index (Phi) is 1.17. The zero-order valence-electron chi connectivity index (χ0n) is 7.39. The number of aromatic nitrogens is 2. The molecule has 0 N–H and O–H groups in total. The summed E-state index contributed by atoms with van der Waals surface area (Å²) in [5.74, 6) is 1.26. The van der Waals surface area contributed by atoms with Gasteiger partial charge in [0.1, 0.15) is 5.82 Å². The van der Waals surface area contributed by atoms with Crippen molar-refractivity contribution in [1.82, 2.24) is 9.55 Å². The minimum Gasteiger partial charge on any atom is -0.334 e. The first-order chi connectivity index (χ1) is 5.07. The van der Waals surface area contributed by atoms with Crippen LogP contribution in [0.4, 0.5) is 0 Å².